The number of hydrogen-bond acceptors (Lipinski definition) is 6. The molecule has 2 rings (SSSR count). The lowest BCUT2D eigenvalue weighted by atomic mass is 10.2. The Kier molecular flexibility index (Phi) is 7.28. The third-order valence-electron chi connectivity index (χ3n) is 3.70. The number of hydrogen-bond donors (Lipinski definition) is 1. The Hall–Kier alpha value is -3.20. The highest BCUT2D eigenvalue weighted by atomic mass is 32.2. The Morgan fingerprint density at radius 3 is 2.36 bits per heavy atom. The first-order valence-electron chi connectivity index (χ1n) is 8.56. The number of benzene rings is 2. The summed E-state index contributed by atoms with van der Waals surface area (Å²) in [7, 11) is -4.07. The fourth-order valence-corrected chi connectivity index (χ4v) is 3.14. The van der Waals surface area contributed by atoms with E-state index in [2.05, 4.69) is 5.32 Å². The van der Waals surface area contributed by atoms with Crippen molar-refractivity contribution >= 4 is 22.1 Å². The van der Waals surface area contributed by atoms with Gasteiger partial charge in [-0.25, -0.2) is 0 Å². The van der Waals surface area contributed by atoms with Crippen molar-refractivity contribution in [2.75, 3.05) is 6.54 Å². The minimum Gasteiger partial charge on any atom is -0.379 e. The van der Waals surface area contributed by atoms with Gasteiger partial charge < -0.3 is 9.50 Å². The van der Waals surface area contributed by atoms with E-state index in [-0.39, 0.29) is 16.6 Å². The summed E-state index contributed by atoms with van der Waals surface area (Å²) in [6.45, 7) is 2.58. The van der Waals surface area contributed by atoms with Crippen LogP contribution >= 0.6 is 0 Å². The molecule has 148 valence electrons. The van der Waals surface area contributed by atoms with Crippen LogP contribution in [-0.2, 0) is 10.1 Å². The van der Waals surface area contributed by atoms with Crippen molar-refractivity contribution in [3.05, 3.63) is 76.0 Å². The molecule has 0 fully saturated rings. The first-order chi connectivity index (χ1) is 13.3. The predicted molar refractivity (Wildman–Crippen MR) is 104 cm³/mol. The molecule has 0 spiro atoms. The van der Waals surface area contributed by atoms with Crippen LogP contribution in [0.2, 0.25) is 0 Å². The molecular weight excluding hydrogens is 384 g/mol. The average Bonchev–Trinajstić information content (AvgIpc) is 2.67. The molecule has 0 saturated heterocycles. The van der Waals surface area contributed by atoms with Crippen molar-refractivity contribution in [3.63, 3.8) is 0 Å². The van der Waals surface area contributed by atoms with Crippen molar-refractivity contribution < 1.29 is 22.3 Å². The fraction of sp³-hybridized carbons (Fsp3) is 0.211. The summed E-state index contributed by atoms with van der Waals surface area (Å²) in [5.74, 6) is -0.198. The van der Waals surface area contributed by atoms with Gasteiger partial charge in [-0.3, -0.25) is 14.9 Å². The second-order valence-corrected chi connectivity index (χ2v) is 7.39. The maximum Gasteiger partial charge on any atom is 0.339 e. The Morgan fingerprint density at radius 2 is 1.79 bits per heavy atom. The van der Waals surface area contributed by atoms with Crippen LogP contribution < -0.4 is 9.50 Å². The van der Waals surface area contributed by atoms with Crippen LogP contribution in [0.1, 0.15) is 35.7 Å². The molecule has 2 aromatic rings. The Balaban J connectivity index is 2.06. The largest absolute Gasteiger partial charge is 0.379 e. The van der Waals surface area contributed by atoms with Crippen molar-refractivity contribution in [1.82, 2.24) is 5.32 Å². The minimum atomic E-state index is -4.07. The molecular formula is C19H20N2O6S. The molecule has 0 heterocycles. The van der Waals surface area contributed by atoms with Gasteiger partial charge in [0, 0.05) is 18.2 Å². The van der Waals surface area contributed by atoms with E-state index in [4.69, 9.17) is 4.18 Å². The number of carbonyl (C=O) groups excluding carboxylic acids is 1. The zero-order valence-electron chi connectivity index (χ0n) is 15.2. The van der Waals surface area contributed by atoms with Gasteiger partial charge in [0.05, 0.1) is 4.92 Å². The van der Waals surface area contributed by atoms with Crippen LogP contribution in [0.15, 0.2) is 59.6 Å². The molecule has 2 aromatic carbocycles. The lowest BCUT2D eigenvalue weighted by Crippen LogP contribution is -2.24. The molecule has 8 nitrogen and oxygen atoms in total. The van der Waals surface area contributed by atoms with Gasteiger partial charge in [-0.05, 0) is 48.4 Å². The quantitative estimate of drug-likeness (QED) is 0.297. The number of nitro groups is 1. The zero-order chi connectivity index (χ0) is 20.6. The van der Waals surface area contributed by atoms with Crippen molar-refractivity contribution in [2.24, 2.45) is 0 Å². The highest BCUT2D eigenvalue weighted by Gasteiger charge is 2.17. The van der Waals surface area contributed by atoms with E-state index < -0.39 is 15.0 Å². The number of nitrogens with zero attached hydrogens (tertiary/aromatic N) is 1. The lowest BCUT2D eigenvalue weighted by molar-refractivity contribution is -0.400. The van der Waals surface area contributed by atoms with Gasteiger partial charge in [0.25, 0.3) is 5.91 Å². The van der Waals surface area contributed by atoms with Gasteiger partial charge >= 0.3 is 10.1 Å². The zero-order valence-corrected chi connectivity index (χ0v) is 16.0. The molecule has 1 N–H and O–H groups in total. The third-order valence-corrected chi connectivity index (χ3v) is 4.96. The van der Waals surface area contributed by atoms with Crippen LogP contribution in [0.5, 0.6) is 5.75 Å². The number of rotatable bonds is 9. The summed E-state index contributed by atoms with van der Waals surface area (Å²) in [5, 5.41) is 13.1. The summed E-state index contributed by atoms with van der Waals surface area (Å²) >= 11 is 0. The smallest absolute Gasteiger partial charge is 0.339 e. The Bertz CT molecular complexity index is 951. The Morgan fingerprint density at radius 1 is 1.14 bits per heavy atom. The van der Waals surface area contributed by atoms with Gasteiger partial charge in [0.2, 0.25) is 6.20 Å². The van der Waals surface area contributed by atoms with E-state index in [0.29, 0.717) is 17.7 Å². The number of carbonyl (C=O) groups is 1. The molecule has 1 amide bonds. The third kappa shape index (κ3) is 6.20. The summed E-state index contributed by atoms with van der Waals surface area (Å²) in [6.07, 6.45) is 3.89. The average molecular weight is 404 g/mol. The van der Waals surface area contributed by atoms with E-state index in [1.165, 1.54) is 54.6 Å². The molecule has 0 aliphatic rings. The summed E-state index contributed by atoms with van der Waals surface area (Å²) in [6, 6.07) is 11.2. The monoisotopic (exact) mass is 404 g/mol. The van der Waals surface area contributed by atoms with Gasteiger partial charge in [-0.2, -0.15) is 8.42 Å². The van der Waals surface area contributed by atoms with Gasteiger partial charge in [-0.15, -0.1) is 0 Å². The van der Waals surface area contributed by atoms with Crippen LogP contribution in [0.4, 0.5) is 0 Å². The second kappa shape index (κ2) is 9.65. The van der Waals surface area contributed by atoms with Crippen molar-refractivity contribution in [2.45, 2.75) is 24.7 Å². The van der Waals surface area contributed by atoms with E-state index in [0.717, 1.165) is 19.0 Å². The molecule has 9 heteroatoms. The number of nitrogens with one attached hydrogen (secondary N) is 1. The fourth-order valence-electron chi connectivity index (χ4n) is 2.21. The van der Waals surface area contributed by atoms with E-state index in [9.17, 15) is 23.3 Å². The lowest BCUT2D eigenvalue weighted by Gasteiger charge is -2.08. The summed E-state index contributed by atoms with van der Waals surface area (Å²) in [5.41, 5.74) is 0.886. The van der Waals surface area contributed by atoms with Gasteiger partial charge in [-0.1, -0.05) is 25.5 Å². The maximum atomic E-state index is 12.4. The molecule has 0 bridgehead atoms. The van der Waals surface area contributed by atoms with Crippen LogP contribution in [0, 0.1) is 10.1 Å². The molecule has 0 atom stereocenters. The molecule has 0 radical (unpaired) electrons. The highest BCUT2D eigenvalue weighted by molar-refractivity contribution is 7.87. The molecule has 28 heavy (non-hydrogen) atoms. The minimum absolute atomic E-state index is 0.0691. The normalized spacial score (nSPS) is 11.3. The Labute approximate surface area is 163 Å². The molecule has 0 aliphatic carbocycles. The van der Waals surface area contributed by atoms with Crippen molar-refractivity contribution in [1.29, 1.82) is 0 Å². The topological polar surface area (TPSA) is 116 Å². The first-order valence-corrected chi connectivity index (χ1v) is 9.97. The van der Waals surface area contributed by atoms with E-state index in [1.807, 2.05) is 6.92 Å². The van der Waals surface area contributed by atoms with E-state index in [1.54, 1.807) is 0 Å². The predicted octanol–water partition coefficient (Wildman–Crippen LogP) is 3.23. The number of unbranched alkanes of at least 4 members (excludes halogenated alkanes) is 1. The SMILES string of the molecule is CCCCNC(=O)c1ccc(S(=O)(=O)Oc2ccc(/C=C/[N+](=O)[O-])cc2)cc1. The molecule has 0 aliphatic heterocycles. The molecule has 0 aromatic heterocycles. The standard InChI is InChI=1S/C19H20N2O6S/c1-2-3-13-20-19(22)16-6-10-18(11-7-16)28(25,26)27-17-8-4-15(5-9-17)12-14-21(23)24/h4-12,14H,2-3,13H2,1H3,(H,20,22)/b14-12+. The van der Waals surface area contributed by atoms with Crippen LogP contribution in [0.3, 0.4) is 0 Å². The van der Waals surface area contributed by atoms with Gasteiger partial charge in [0.1, 0.15) is 10.6 Å². The van der Waals surface area contributed by atoms with Crippen LogP contribution in [-0.4, -0.2) is 25.8 Å². The summed E-state index contributed by atoms with van der Waals surface area (Å²) < 4.78 is 29.8. The maximum absolute atomic E-state index is 12.4. The van der Waals surface area contributed by atoms with Gasteiger partial charge in [0.15, 0.2) is 0 Å². The molecule has 0 unspecified atom stereocenters. The highest BCUT2D eigenvalue weighted by Crippen LogP contribution is 2.20. The first kappa shape index (κ1) is 21.1. The number of amides is 1. The summed E-state index contributed by atoms with van der Waals surface area (Å²) in [4.78, 5) is 21.6. The van der Waals surface area contributed by atoms with E-state index >= 15 is 0 Å². The second-order valence-electron chi connectivity index (χ2n) is 5.84. The van der Waals surface area contributed by atoms with Crippen molar-refractivity contribution in [3.8, 4) is 5.75 Å². The molecule has 0 saturated carbocycles. The van der Waals surface area contributed by atoms with Crippen LogP contribution in [0.25, 0.3) is 6.08 Å².